The van der Waals surface area contributed by atoms with E-state index in [-0.39, 0.29) is 18.0 Å². The van der Waals surface area contributed by atoms with Crippen LogP contribution in [0.2, 0.25) is 0 Å². The summed E-state index contributed by atoms with van der Waals surface area (Å²) < 4.78 is 5.58. The minimum absolute atomic E-state index is 0.0203. The Labute approximate surface area is 125 Å². The topological polar surface area (TPSA) is 63.6 Å². The van der Waals surface area contributed by atoms with Gasteiger partial charge in [0.15, 0.2) is 0 Å². The molecule has 114 valence electrons. The molecule has 4 heteroatoms. The van der Waals surface area contributed by atoms with Gasteiger partial charge in [-0.3, -0.25) is 9.59 Å². The summed E-state index contributed by atoms with van der Waals surface area (Å²) in [6.45, 7) is 2.08. The Kier molecular flexibility index (Phi) is 4.99. The predicted octanol–water partition coefficient (Wildman–Crippen LogP) is 3.16. The lowest BCUT2D eigenvalue weighted by Crippen LogP contribution is -2.43. The molecule has 0 aromatic heterocycles. The van der Waals surface area contributed by atoms with Gasteiger partial charge in [-0.15, -0.1) is 0 Å². The van der Waals surface area contributed by atoms with Crippen LogP contribution in [0, 0.1) is 0 Å². The molecule has 0 amide bonds. The number of rotatable bonds is 6. The van der Waals surface area contributed by atoms with E-state index < -0.39 is 11.6 Å². The molecule has 2 rings (SSSR count). The van der Waals surface area contributed by atoms with E-state index in [9.17, 15) is 14.7 Å². The molecular formula is C17H22O4. The molecule has 1 aliphatic rings. The van der Waals surface area contributed by atoms with E-state index in [1.807, 2.05) is 12.1 Å². The molecular weight excluding hydrogens is 268 g/mol. The summed E-state index contributed by atoms with van der Waals surface area (Å²) in [6, 6.07) is 7.00. The van der Waals surface area contributed by atoms with Crippen molar-refractivity contribution in [2.75, 3.05) is 0 Å². The van der Waals surface area contributed by atoms with Crippen molar-refractivity contribution in [3.8, 4) is 5.75 Å². The molecule has 1 aliphatic heterocycles. The Morgan fingerprint density at radius 3 is 2.52 bits per heavy atom. The van der Waals surface area contributed by atoms with E-state index in [2.05, 4.69) is 6.92 Å². The largest absolute Gasteiger partial charge is 0.508 e. The maximum atomic E-state index is 11.8. The van der Waals surface area contributed by atoms with Gasteiger partial charge in [-0.05, 0) is 43.4 Å². The quantitative estimate of drug-likeness (QED) is 0.645. The van der Waals surface area contributed by atoms with Gasteiger partial charge in [0.2, 0.25) is 0 Å². The highest BCUT2D eigenvalue weighted by molar-refractivity contribution is 5.98. The van der Waals surface area contributed by atoms with Gasteiger partial charge in [-0.25, -0.2) is 0 Å². The first kappa shape index (κ1) is 15.5. The molecule has 0 spiro atoms. The van der Waals surface area contributed by atoms with E-state index in [4.69, 9.17) is 4.74 Å². The maximum Gasteiger partial charge on any atom is 0.313 e. The van der Waals surface area contributed by atoms with Gasteiger partial charge in [-0.1, -0.05) is 25.5 Å². The van der Waals surface area contributed by atoms with Crippen molar-refractivity contribution in [1.82, 2.24) is 0 Å². The molecule has 1 heterocycles. The van der Waals surface area contributed by atoms with Crippen LogP contribution >= 0.6 is 0 Å². The maximum absolute atomic E-state index is 11.8. The summed E-state index contributed by atoms with van der Waals surface area (Å²) in [4.78, 5) is 23.4. The van der Waals surface area contributed by atoms with Crippen LogP contribution in [-0.2, 0) is 20.7 Å². The lowest BCUT2D eigenvalue weighted by atomic mass is 9.83. The smallest absolute Gasteiger partial charge is 0.313 e. The average Bonchev–Trinajstić information content (AvgIpc) is 2.44. The molecule has 0 bridgehead atoms. The van der Waals surface area contributed by atoms with Crippen molar-refractivity contribution in [3.05, 3.63) is 29.8 Å². The second-order valence-corrected chi connectivity index (χ2v) is 5.82. The third-order valence-electron chi connectivity index (χ3n) is 3.98. The Balaban J connectivity index is 2.06. The zero-order chi connectivity index (χ0) is 15.3. The van der Waals surface area contributed by atoms with E-state index in [1.54, 1.807) is 12.1 Å². The zero-order valence-electron chi connectivity index (χ0n) is 12.4. The number of hydrogen-bond donors (Lipinski definition) is 1. The van der Waals surface area contributed by atoms with E-state index >= 15 is 0 Å². The molecule has 4 nitrogen and oxygen atoms in total. The summed E-state index contributed by atoms with van der Waals surface area (Å²) in [5.74, 6) is -0.181. The third-order valence-corrected chi connectivity index (χ3v) is 3.98. The second kappa shape index (κ2) is 6.74. The highest BCUT2D eigenvalue weighted by Gasteiger charge is 2.40. The van der Waals surface area contributed by atoms with Gasteiger partial charge in [0.1, 0.15) is 23.6 Å². The number of unbranched alkanes of at least 4 members (excludes halogenated alkanes) is 1. The molecule has 1 N–H and O–H groups in total. The van der Waals surface area contributed by atoms with Crippen molar-refractivity contribution in [3.63, 3.8) is 0 Å². The number of carbonyl (C=O) groups is 2. The molecule has 1 unspecified atom stereocenters. The summed E-state index contributed by atoms with van der Waals surface area (Å²) in [5.41, 5.74) is 0.429. The fourth-order valence-corrected chi connectivity index (χ4v) is 2.83. The van der Waals surface area contributed by atoms with Crippen LogP contribution in [-0.4, -0.2) is 22.5 Å². The number of aromatic hydroxyl groups is 1. The van der Waals surface area contributed by atoms with Gasteiger partial charge in [-0.2, -0.15) is 0 Å². The summed E-state index contributed by atoms with van der Waals surface area (Å²) in [5, 5.41) is 9.30. The Morgan fingerprint density at radius 2 is 1.90 bits per heavy atom. The summed E-state index contributed by atoms with van der Waals surface area (Å²) in [7, 11) is 0. The lowest BCUT2D eigenvalue weighted by molar-refractivity contribution is -0.172. The highest BCUT2D eigenvalue weighted by Crippen LogP contribution is 2.33. The highest BCUT2D eigenvalue weighted by atomic mass is 16.6. The van der Waals surface area contributed by atoms with Crippen LogP contribution in [0.5, 0.6) is 5.75 Å². The average molecular weight is 290 g/mol. The van der Waals surface area contributed by atoms with Crippen molar-refractivity contribution in [1.29, 1.82) is 0 Å². The Bertz CT molecular complexity index is 488. The summed E-state index contributed by atoms with van der Waals surface area (Å²) >= 11 is 0. The standard InChI is InChI=1S/C17H22O4/c1-2-3-9-17(12-15(19)11-16(20)21-17)10-8-13-4-6-14(18)7-5-13/h4-7,18H,2-3,8-12H2,1H3. The number of aryl methyl sites for hydroxylation is 1. The normalized spacial score (nSPS) is 22.1. The van der Waals surface area contributed by atoms with Gasteiger partial charge >= 0.3 is 5.97 Å². The Hall–Kier alpha value is -1.84. The third kappa shape index (κ3) is 4.31. The zero-order valence-corrected chi connectivity index (χ0v) is 12.4. The first-order chi connectivity index (χ1) is 10.0. The van der Waals surface area contributed by atoms with Gasteiger partial charge in [0, 0.05) is 6.42 Å². The van der Waals surface area contributed by atoms with Crippen molar-refractivity contribution >= 4 is 11.8 Å². The number of cyclic esters (lactones) is 1. The van der Waals surface area contributed by atoms with Gasteiger partial charge in [0.05, 0.1) is 0 Å². The molecule has 0 aliphatic carbocycles. The molecule has 21 heavy (non-hydrogen) atoms. The number of Topliss-reactive ketones (excluding diaryl/α,β-unsaturated/α-hetero) is 1. The molecule has 1 saturated heterocycles. The van der Waals surface area contributed by atoms with E-state index in [0.717, 1.165) is 31.2 Å². The molecule has 0 radical (unpaired) electrons. The number of ketones is 1. The van der Waals surface area contributed by atoms with Crippen LogP contribution in [0.3, 0.4) is 0 Å². The van der Waals surface area contributed by atoms with Crippen LogP contribution < -0.4 is 0 Å². The van der Waals surface area contributed by atoms with Crippen LogP contribution in [0.1, 0.15) is 51.0 Å². The Morgan fingerprint density at radius 1 is 1.19 bits per heavy atom. The van der Waals surface area contributed by atoms with E-state index in [1.165, 1.54) is 0 Å². The summed E-state index contributed by atoms with van der Waals surface area (Å²) in [6.07, 6.45) is 4.30. The SMILES string of the molecule is CCCCC1(CCc2ccc(O)cc2)CC(=O)CC(=O)O1. The van der Waals surface area contributed by atoms with Crippen LogP contribution in [0.15, 0.2) is 24.3 Å². The van der Waals surface area contributed by atoms with Gasteiger partial charge < -0.3 is 9.84 Å². The minimum atomic E-state index is -0.639. The molecule has 1 atom stereocenters. The molecule has 1 aromatic rings. The van der Waals surface area contributed by atoms with Crippen molar-refractivity contribution < 1.29 is 19.4 Å². The fourth-order valence-electron chi connectivity index (χ4n) is 2.83. The lowest BCUT2D eigenvalue weighted by Gasteiger charge is -2.36. The molecule has 0 saturated carbocycles. The van der Waals surface area contributed by atoms with Crippen molar-refractivity contribution in [2.24, 2.45) is 0 Å². The number of carbonyl (C=O) groups excluding carboxylic acids is 2. The number of hydrogen-bond acceptors (Lipinski definition) is 4. The number of esters is 1. The number of phenolic OH excluding ortho intramolecular Hbond substituents is 1. The van der Waals surface area contributed by atoms with Gasteiger partial charge in [0.25, 0.3) is 0 Å². The molecule has 1 fully saturated rings. The second-order valence-electron chi connectivity index (χ2n) is 5.82. The number of ether oxygens (including phenoxy) is 1. The molecule has 1 aromatic carbocycles. The first-order valence-corrected chi connectivity index (χ1v) is 7.54. The fraction of sp³-hybridized carbons (Fsp3) is 0.529. The van der Waals surface area contributed by atoms with Crippen LogP contribution in [0.25, 0.3) is 0 Å². The van der Waals surface area contributed by atoms with E-state index in [0.29, 0.717) is 12.8 Å². The van der Waals surface area contributed by atoms with Crippen LogP contribution in [0.4, 0.5) is 0 Å². The minimum Gasteiger partial charge on any atom is -0.508 e. The first-order valence-electron chi connectivity index (χ1n) is 7.54. The predicted molar refractivity (Wildman–Crippen MR) is 79.0 cm³/mol. The monoisotopic (exact) mass is 290 g/mol. The number of benzene rings is 1. The number of phenols is 1. The van der Waals surface area contributed by atoms with Crippen molar-refractivity contribution in [2.45, 2.75) is 57.5 Å².